The van der Waals surface area contributed by atoms with Crippen LogP contribution in [0.2, 0.25) is 20.1 Å². The van der Waals surface area contributed by atoms with E-state index in [0.717, 1.165) is 0 Å². The number of nitrogens with zero attached hydrogens (tertiary/aromatic N) is 4. The van der Waals surface area contributed by atoms with Crippen LogP contribution in [0.5, 0.6) is 0 Å². The van der Waals surface area contributed by atoms with Gasteiger partial charge in [-0.2, -0.15) is 51.8 Å². The van der Waals surface area contributed by atoms with Gasteiger partial charge in [0.2, 0.25) is 0 Å². The van der Waals surface area contributed by atoms with Crippen molar-refractivity contribution in [1.82, 2.24) is 0 Å². The van der Waals surface area contributed by atoms with Gasteiger partial charge in [-0.3, -0.25) is 29.8 Å². The van der Waals surface area contributed by atoms with E-state index in [-0.39, 0.29) is 24.3 Å². The predicted molar refractivity (Wildman–Crippen MR) is 131 cm³/mol. The highest BCUT2D eigenvalue weighted by Gasteiger charge is 2.58. The molecule has 0 saturated heterocycles. The van der Waals surface area contributed by atoms with Gasteiger partial charge in [0, 0.05) is 12.1 Å². The van der Waals surface area contributed by atoms with Gasteiger partial charge in [-0.05, 0) is 12.1 Å². The highest BCUT2D eigenvalue weighted by atomic mass is 35.5. The molecule has 2 aromatic rings. The third kappa shape index (κ3) is 6.27. The van der Waals surface area contributed by atoms with Crippen molar-refractivity contribution in [3.05, 3.63) is 64.6 Å². The summed E-state index contributed by atoms with van der Waals surface area (Å²) in [5.41, 5.74) is -19.1. The number of nitro benzene ring substituents is 2. The van der Waals surface area contributed by atoms with Crippen molar-refractivity contribution >= 4 is 101 Å². The largest absolute Gasteiger partial charge is 0.517 e. The zero-order valence-electron chi connectivity index (χ0n) is 18.8. The summed E-state index contributed by atoms with van der Waals surface area (Å²) in [5.74, 6) is -6.48. The molecule has 14 nitrogen and oxygen atoms in total. The minimum atomic E-state index is -7.24. The quantitative estimate of drug-likeness (QED) is 0.165. The minimum Gasteiger partial charge on any atom is -0.262 e. The SMILES string of the molecule is O=C(C(=O)N(c1cc(Cl)c([N+](=O)[O-])cc1Cl)S(=O)(=O)C(F)(F)F)N(c1cc(Cl)c([N+](=O)[O-])cc1Cl)S(=O)(=O)C(F)(F)F. The first kappa shape index (κ1) is 35.0. The van der Waals surface area contributed by atoms with Gasteiger partial charge in [-0.25, -0.2) is 0 Å². The van der Waals surface area contributed by atoms with E-state index in [9.17, 15) is 73.0 Å². The molecule has 0 radical (unpaired) electrons. The molecule has 0 aliphatic rings. The fourth-order valence-corrected chi connectivity index (χ4v) is 5.59. The van der Waals surface area contributed by atoms with E-state index in [1.54, 1.807) is 0 Å². The van der Waals surface area contributed by atoms with Crippen LogP contribution in [-0.4, -0.2) is 49.5 Å². The van der Waals surface area contributed by atoms with Crippen LogP contribution in [0.4, 0.5) is 49.1 Å². The van der Waals surface area contributed by atoms with E-state index < -0.39 is 104 Å². The van der Waals surface area contributed by atoms with E-state index >= 15 is 0 Å². The zero-order chi connectivity index (χ0) is 32.9. The van der Waals surface area contributed by atoms with Crippen molar-refractivity contribution < 1.29 is 62.6 Å². The highest BCUT2D eigenvalue weighted by molar-refractivity contribution is 7.95. The van der Waals surface area contributed by atoms with E-state index in [4.69, 9.17) is 46.4 Å². The monoisotopic (exact) mass is 730 g/mol. The minimum absolute atomic E-state index is 0.0746. The first-order valence-corrected chi connectivity index (χ1v) is 13.8. The standard InChI is InChI=1S/C16H4Cl4F6N4O10S2/c17-5-3-11(29(33)34)7(19)1-9(5)27(41(37,38)15(21,22)23)13(31)14(32)28(42(39,40)16(24,25)26)10-2-8(20)12(30(35)36)4-6(10)18/h1-4H. The van der Waals surface area contributed by atoms with E-state index in [1.165, 1.54) is 0 Å². The van der Waals surface area contributed by atoms with E-state index in [1.807, 2.05) is 0 Å². The second-order valence-corrected chi connectivity index (χ2v) is 12.3. The Labute approximate surface area is 247 Å². The average molecular weight is 732 g/mol. The molecular weight excluding hydrogens is 728 g/mol. The molecule has 0 aliphatic heterocycles. The molecule has 0 bridgehead atoms. The molecule has 0 aromatic heterocycles. The zero-order valence-corrected chi connectivity index (χ0v) is 23.4. The van der Waals surface area contributed by atoms with Crippen molar-refractivity contribution in [1.29, 1.82) is 0 Å². The second-order valence-electron chi connectivity index (χ2n) is 7.06. The summed E-state index contributed by atoms with van der Waals surface area (Å²) in [7, 11) is -14.5. The lowest BCUT2D eigenvalue weighted by molar-refractivity contribution is -0.384. The number of hydrogen-bond donors (Lipinski definition) is 0. The molecule has 26 heteroatoms. The Bertz CT molecular complexity index is 1630. The summed E-state index contributed by atoms with van der Waals surface area (Å²) < 4.78 is 127. The van der Waals surface area contributed by atoms with Gasteiger partial charge in [0.05, 0.1) is 31.3 Å². The number of hydrogen-bond acceptors (Lipinski definition) is 10. The second kappa shape index (κ2) is 11.5. The molecule has 0 atom stereocenters. The molecular formula is C16H4Cl4F6N4O10S2. The van der Waals surface area contributed by atoms with Crippen LogP contribution < -0.4 is 8.61 Å². The number of amides is 2. The summed E-state index contributed by atoms with van der Waals surface area (Å²) in [4.78, 5) is 45.4. The lowest BCUT2D eigenvalue weighted by atomic mass is 10.2. The first-order chi connectivity index (χ1) is 18.8. The molecule has 0 unspecified atom stereocenters. The van der Waals surface area contributed by atoms with Crippen molar-refractivity contribution in [3.8, 4) is 0 Å². The lowest BCUT2D eigenvalue weighted by Gasteiger charge is -2.28. The van der Waals surface area contributed by atoms with E-state index in [0.29, 0.717) is 0 Å². The molecule has 0 spiro atoms. The third-order valence-corrected chi connectivity index (χ3v) is 8.55. The van der Waals surface area contributed by atoms with Crippen molar-refractivity contribution in [2.24, 2.45) is 0 Å². The maximum atomic E-state index is 13.5. The molecule has 0 aliphatic carbocycles. The van der Waals surface area contributed by atoms with E-state index in [2.05, 4.69) is 0 Å². The Kier molecular flexibility index (Phi) is 9.57. The number of nitro groups is 2. The Hall–Kier alpha value is -3.18. The Balaban J connectivity index is 3.01. The van der Waals surface area contributed by atoms with Crippen LogP contribution in [-0.2, 0) is 29.6 Å². The average Bonchev–Trinajstić information content (AvgIpc) is 2.80. The molecule has 0 fully saturated rings. The topological polar surface area (TPSA) is 195 Å². The molecule has 42 heavy (non-hydrogen) atoms. The highest BCUT2D eigenvalue weighted by Crippen LogP contribution is 2.43. The molecule has 0 N–H and O–H groups in total. The number of carbonyl (C=O) groups excluding carboxylic acids is 2. The molecule has 230 valence electrons. The first-order valence-electron chi connectivity index (χ1n) is 9.37. The Morgan fingerprint density at radius 3 is 1.10 bits per heavy atom. The van der Waals surface area contributed by atoms with Crippen molar-refractivity contribution in [3.63, 3.8) is 0 Å². The van der Waals surface area contributed by atoms with Crippen molar-refractivity contribution in [2.75, 3.05) is 8.61 Å². The summed E-state index contributed by atoms with van der Waals surface area (Å²) in [6.07, 6.45) is 0. The molecule has 2 aromatic carbocycles. The van der Waals surface area contributed by atoms with Gasteiger partial charge in [-0.1, -0.05) is 46.4 Å². The summed E-state index contributed by atoms with van der Waals surface area (Å²) in [6.45, 7) is 0. The van der Waals surface area contributed by atoms with Crippen LogP contribution in [0.3, 0.4) is 0 Å². The van der Waals surface area contributed by atoms with Gasteiger partial charge in [0.25, 0.3) is 11.4 Å². The normalized spacial score (nSPS) is 12.5. The number of rotatable bonds is 6. The van der Waals surface area contributed by atoms with Crippen LogP contribution in [0.25, 0.3) is 0 Å². The van der Waals surface area contributed by atoms with Gasteiger partial charge < -0.3 is 0 Å². The molecule has 0 heterocycles. The third-order valence-electron chi connectivity index (χ3n) is 4.48. The van der Waals surface area contributed by atoms with Crippen molar-refractivity contribution in [2.45, 2.75) is 11.0 Å². The van der Waals surface area contributed by atoms with Crippen LogP contribution in [0.15, 0.2) is 24.3 Å². The smallest absolute Gasteiger partial charge is 0.262 e. The lowest BCUT2D eigenvalue weighted by Crippen LogP contribution is -2.55. The number of sulfonamides is 2. The maximum absolute atomic E-state index is 13.5. The summed E-state index contributed by atoms with van der Waals surface area (Å²) in [6, 6.07) is 0.0315. The molecule has 2 rings (SSSR count). The number of alkyl halides is 6. The number of anilines is 2. The summed E-state index contributed by atoms with van der Waals surface area (Å²) in [5, 5.41) is 16.7. The molecule has 0 saturated carbocycles. The number of halogens is 10. The number of benzene rings is 2. The maximum Gasteiger partial charge on any atom is 0.517 e. The van der Waals surface area contributed by atoms with Crippen LogP contribution in [0.1, 0.15) is 0 Å². The molecule has 2 amide bonds. The van der Waals surface area contributed by atoms with Gasteiger partial charge >= 0.3 is 42.9 Å². The summed E-state index contributed by atoms with van der Waals surface area (Å²) >= 11 is 22.2. The fourth-order valence-electron chi connectivity index (χ4n) is 2.72. The Morgan fingerprint density at radius 2 is 0.881 bits per heavy atom. The van der Waals surface area contributed by atoms with Gasteiger partial charge in [-0.15, -0.1) is 0 Å². The Morgan fingerprint density at radius 1 is 0.619 bits per heavy atom. The number of carbonyl (C=O) groups is 2. The van der Waals surface area contributed by atoms with Gasteiger partial charge in [0.15, 0.2) is 0 Å². The van der Waals surface area contributed by atoms with Gasteiger partial charge in [0.1, 0.15) is 10.0 Å². The van der Waals surface area contributed by atoms with Crippen LogP contribution >= 0.6 is 46.4 Å². The fraction of sp³-hybridized carbons (Fsp3) is 0.125. The van der Waals surface area contributed by atoms with Crippen LogP contribution in [0, 0.1) is 20.2 Å². The predicted octanol–water partition coefficient (Wildman–Crippen LogP) is 5.18.